The molecule has 0 amide bonds. The molecule has 0 bridgehead atoms. The van der Waals surface area contributed by atoms with Crippen LogP contribution in [0.25, 0.3) is 0 Å². The molecule has 3 atom stereocenters. The summed E-state index contributed by atoms with van der Waals surface area (Å²) >= 11 is 0. The predicted molar refractivity (Wildman–Crippen MR) is 88.8 cm³/mol. The fraction of sp³-hybridized carbons (Fsp3) is 0.632. The van der Waals surface area contributed by atoms with Crippen LogP contribution in [0.1, 0.15) is 18.4 Å². The summed E-state index contributed by atoms with van der Waals surface area (Å²) < 4.78 is 17.5. The zero-order valence-corrected chi connectivity index (χ0v) is 13.9. The van der Waals surface area contributed by atoms with Gasteiger partial charge in [0.05, 0.1) is 31.0 Å². The summed E-state index contributed by atoms with van der Waals surface area (Å²) in [5, 5.41) is 8.98. The largest absolute Gasteiger partial charge is 0.493 e. The van der Waals surface area contributed by atoms with Crippen molar-refractivity contribution < 1.29 is 14.2 Å². The topological polar surface area (TPSA) is 54.7 Å². The highest BCUT2D eigenvalue weighted by Gasteiger charge is 2.45. The van der Waals surface area contributed by atoms with Crippen molar-refractivity contribution in [1.29, 1.82) is 5.26 Å². The maximum absolute atomic E-state index is 8.98. The Morgan fingerprint density at radius 2 is 2.12 bits per heavy atom. The number of benzene rings is 1. The number of ether oxygens (including phenoxy) is 3. The van der Waals surface area contributed by atoms with Crippen LogP contribution in [0.2, 0.25) is 0 Å². The molecule has 0 saturated carbocycles. The van der Waals surface area contributed by atoms with E-state index in [9.17, 15) is 0 Å². The highest BCUT2D eigenvalue weighted by molar-refractivity contribution is 5.36. The second-order valence-electron chi connectivity index (χ2n) is 7.04. The molecule has 3 aliphatic rings. The van der Waals surface area contributed by atoms with Crippen LogP contribution in [0.3, 0.4) is 0 Å². The first-order chi connectivity index (χ1) is 11.8. The molecular weight excluding hydrogens is 304 g/mol. The molecule has 3 saturated heterocycles. The van der Waals surface area contributed by atoms with Gasteiger partial charge in [-0.2, -0.15) is 5.26 Å². The van der Waals surface area contributed by atoms with Crippen LogP contribution in [0.5, 0.6) is 5.75 Å². The summed E-state index contributed by atoms with van der Waals surface area (Å²) in [5.41, 5.74) is 0.639. The second kappa shape index (κ2) is 7.10. The van der Waals surface area contributed by atoms with Crippen molar-refractivity contribution in [3.63, 3.8) is 0 Å². The zero-order valence-electron chi connectivity index (χ0n) is 13.9. The summed E-state index contributed by atoms with van der Waals surface area (Å²) in [6.07, 6.45) is 2.63. The predicted octanol–water partition coefficient (Wildman–Crippen LogP) is 2.06. The third-order valence-corrected chi connectivity index (χ3v) is 5.60. The highest BCUT2D eigenvalue weighted by Crippen LogP contribution is 2.36. The molecule has 4 rings (SSSR count). The summed E-state index contributed by atoms with van der Waals surface area (Å²) in [5.74, 6) is 1.77. The third-order valence-electron chi connectivity index (χ3n) is 5.60. The molecule has 0 spiro atoms. The minimum absolute atomic E-state index is 0.354. The van der Waals surface area contributed by atoms with Gasteiger partial charge in [0.25, 0.3) is 0 Å². The normalized spacial score (nSPS) is 30.9. The van der Waals surface area contributed by atoms with Crippen molar-refractivity contribution in [2.24, 2.45) is 11.8 Å². The van der Waals surface area contributed by atoms with Crippen LogP contribution in [0.4, 0.5) is 0 Å². The van der Waals surface area contributed by atoms with Crippen LogP contribution in [0.15, 0.2) is 24.3 Å². The smallest absolute Gasteiger partial charge is 0.120 e. The van der Waals surface area contributed by atoms with Crippen LogP contribution >= 0.6 is 0 Å². The van der Waals surface area contributed by atoms with Crippen molar-refractivity contribution >= 4 is 0 Å². The van der Waals surface area contributed by atoms with Crippen molar-refractivity contribution in [3.8, 4) is 11.8 Å². The van der Waals surface area contributed by atoms with Crippen LogP contribution < -0.4 is 4.74 Å². The Labute approximate surface area is 143 Å². The van der Waals surface area contributed by atoms with Crippen LogP contribution in [-0.2, 0) is 9.47 Å². The summed E-state index contributed by atoms with van der Waals surface area (Å²) in [4.78, 5) is 2.60. The number of hydrogen-bond acceptors (Lipinski definition) is 5. The SMILES string of the molecule is N#Cc1cccc(OC[C@@H]2CO[C@H]3CN(C4CCOCC4)C[C@@H]23)c1. The van der Waals surface area contributed by atoms with Gasteiger partial charge >= 0.3 is 0 Å². The van der Waals surface area contributed by atoms with Gasteiger partial charge < -0.3 is 14.2 Å². The first kappa shape index (κ1) is 15.9. The minimum atomic E-state index is 0.354. The monoisotopic (exact) mass is 328 g/mol. The summed E-state index contributed by atoms with van der Waals surface area (Å²) in [6, 6.07) is 10.2. The number of rotatable bonds is 4. The van der Waals surface area contributed by atoms with E-state index in [1.54, 1.807) is 12.1 Å². The Bertz CT molecular complexity index is 609. The van der Waals surface area contributed by atoms with Gasteiger partial charge in [-0.15, -0.1) is 0 Å². The Balaban J connectivity index is 1.33. The Morgan fingerprint density at radius 1 is 1.25 bits per heavy atom. The molecule has 3 heterocycles. The van der Waals surface area contributed by atoms with Crippen molar-refractivity contribution in [2.75, 3.05) is 39.5 Å². The van der Waals surface area contributed by atoms with E-state index in [0.717, 1.165) is 51.5 Å². The lowest BCUT2D eigenvalue weighted by molar-refractivity contribution is 0.0271. The van der Waals surface area contributed by atoms with E-state index < -0.39 is 0 Å². The molecule has 0 N–H and O–H groups in total. The lowest BCUT2D eigenvalue weighted by atomic mass is 9.94. The average molecular weight is 328 g/mol. The van der Waals surface area contributed by atoms with Gasteiger partial charge in [0.1, 0.15) is 5.75 Å². The van der Waals surface area contributed by atoms with Crippen molar-refractivity contribution in [2.45, 2.75) is 25.0 Å². The number of nitrogens with zero attached hydrogens (tertiary/aromatic N) is 2. The number of fused-ring (bicyclic) bond motifs is 1. The second-order valence-corrected chi connectivity index (χ2v) is 7.04. The van der Waals surface area contributed by atoms with Crippen molar-refractivity contribution in [1.82, 2.24) is 4.90 Å². The highest BCUT2D eigenvalue weighted by atomic mass is 16.5. The molecule has 0 radical (unpaired) electrons. The Morgan fingerprint density at radius 3 is 2.96 bits per heavy atom. The van der Waals surface area contributed by atoms with E-state index in [0.29, 0.717) is 36.2 Å². The van der Waals surface area contributed by atoms with E-state index in [4.69, 9.17) is 19.5 Å². The number of nitriles is 1. The van der Waals surface area contributed by atoms with E-state index >= 15 is 0 Å². The maximum Gasteiger partial charge on any atom is 0.120 e. The van der Waals surface area contributed by atoms with E-state index in [1.165, 1.54) is 0 Å². The average Bonchev–Trinajstić information content (AvgIpc) is 3.22. The fourth-order valence-corrected chi connectivity index (χ4v) is 4.21. The summed E-state index contributed by atoms with van der Waals surface area (Å²) in [6.45, 7) is 5.39. The Hall–Kier alpha value is -1.61. The third kappa shape index (κ3) is 3.27. The zero-order chi connectivity index (χ0) is 16.4. The molecule has 128 valence electrons. The molecular formula is C19H24N2O3. The molecule has 3 fully saturated rings. The molecule has 0 aliphatic carbocycles. The summed E-state index contributed by atoms with van der Waals surface area (Å²) in [7, 11) is 0. The van der Waals surface area contributed by atoms with Gasteiger partial charge in [-0.3, -0.25) is 4.90 Å². The maximum atomic E-state index is 8.98. The number of likely N-dealkylation sites (tertiary alicyclic amines) is 1. The first-order valence-electron chi connectivity index (χ1n) is 8.90. The number of hydrogen-bond donors (Lipinski definition) is 0. The molecule has 24 heavy (non-hydrogen) atoms. The standard InChI is InChI=1S/C19H24N2O3/c20-9-14-2-1-3-17(8-14)23-12-15-13-24-19-11-21(10-18(15)19)16-4-6-22-7-5-16/h1-3,8,15-16,18-19H,4-7,10-13H2/t15-,18+,19+/m1/s1. The first-order valence-corrected chi connectivity index (χ1v) is 8.90. The Kier molecular flexibility index (Phi) is 4.70. The van der Waals surface area contributed by atoms with E-state index in [-0.39, 0.29) is 0 Å². The molecule has 5 nitrogen and oxygen atoms in total. The molecule has 0 aromatic heterocycles. The van der Waals surface area contributed by atoms with Crippen molar-refractivity contribution in [3.05, 3.63) is 29.8 Å². The van der Waals surface area contributed by atoms with Gasteiger partial charge in [-0.1, -0.05) is 6.07 Å². The van der Waals surface area contributed by atoms with Gasteiger partial charge in [-0.25, -0.2) is 0 Å². The molecule has 1 aromatic carbocycles. The quantitative estimate of drug-likeness (QED) is 0.847. The lowest BCUT2D eigenvalue weighted by Crippen LogP contribution is -2.39. The van der Waals surface area contributed by atoms with Gasteiger partial charge in [-0.05, 0) is 31.0 Å². The molecule has 1 aromatic rings. The van der Waals surface area contributed by atoms with Crippen LogP contribution in [-0.4, -0.2) is 56.6 Å². The van der Waals surface area contributed by atoms with Gasteiger partial charge in [0.2, 0.25) is 0 Å². The van der Waals surface area contributed by atoms with Crippen LogP contribution in [0, 0.1) is 23.2 Å². The molecule has 3 aliphatic heterocycles. The van der Waals surface area contributed by atoms with E-state index in [1.807, 2.05) is 12.1 Å². The van der Waals surface area contributed by atoms with Gasteiger partial charge in [0.15, 0.2) is 0 Å². The van der Waals surface area contributed by atoms with Gasteiger partial charge in [0, 0.05) is 44.2 Å². The lowest BCUT2D eigenvalue weighted by Gasteiger charge is -2.31. The minimum Gasteiger partial charge on any atom is -0.493 e. The fourth-order valence-electron chi connectivity index (χ4n) is 4.21. The molecule has 0 unspecified atom stereocenters. The van der Waals surface area contributed by atoms with E-state index in [2.05, 4.69) is 11.0 Å². The molecule has 5 heteroatoms.